The summed E-state index contributed by atoms with van der Waals surface area (Å²) < 4.78 is 17.1. The van der Waals surface area contributed by atoms with Gasteiger partial charge in [-0.2, -0.15) is 5.10 Å². The van der Waals surface area contributed by atoms with Gasteiger partial charge in [-0.15, -0.1) is 0 Å². The fraction of sp³-hybridized carbons (Fsp3) is 0.174. The first kappa shape index (κ1) is 22.9. The molecule has 1 heterocycles. The molecule has 166 valence electrons. The number of rotatable bonds is 9. The van der Waals surface area contributed by atoms with Crippen molar-refractivity contribution in [1.82, 2.24) is 9.78 Å². The fourth-order valence-corrected chi connectivity index (χ4v) is 3.01. The Balaban J connectivity index is 1.61. The van der Waals surface area contributed by atoms with Gasteiger partial charge in [0.15, 0.2) is 18.1 Å². The van der Waals surface area contributed by atoms with E-state index in [9.17, 15) is 9.59 Å². The molecule has 0 atom stereocenters. The monoisotopic (exact) mass is 455 g/mol. The van der Waals surface area contributed by atoms with Crippen molar-refractivity contribution in [1.29, 1.82) is 0 Å². The first-order chi connectivity index (χ1) is 15.5. The molecule has 0 saturated heterocycles. The maximum Gasteiger partial charge on any atom is 0.330 e. The lowest BCUT2D eigenvalue weighted by Gasteiger charge is -2.13. The largest absolute Gasteiger partial charge is 0.493 e. The van der Waals surface area contributed by atoms with E-state index in [1.54, 1.807) is 47.3 Å². The van der Waals surface area contributed by atoms with Crippen molar-refractivity contribution >= 4 is 35.4 Å². The molecule has 32 heavy (non-hydrogen) atoms. The Labute approximate surface area is 190 Å². The number of ether oxygens (including phenoxy) is 3. The van der Waals surface area contributed by atoms with Crippen LogP contribution in [0, 0.1) is 0 Å². The van der Waals surface area contributed by atoms with E-state index in [4.69, 9.17) is 21.1 Å². The van der Waals surface area contributed by atoms with Crippen molar-refractivity contribution in [2.45, 2.75) is 6.54 Å². The van der Waals surface area contributed by atoms with Gasteiger partial charge in [-0.3, -0.25) is 4.79 Å². The van der Waals surface area contributed by atoms with E-state index in [-0.39, 0.29) is 12.5 Å². The first-order valence-corrected chi connectivity index (χ1v) is 10.00. The van der Waals surface area contributed by atoms with Crippen molar-refractivity contribution in [2.24, 2.45) is 0 Å². The second-order valence-corrected chi connectivity index (χ2v) is 6.98. The minimum absolute atomic E-state index is 0.231. The van der Waals surface area contributed by atoms with Gasteiger partial charge in [-0.25, -0.2) is 9.48 Å². The van der Waals surface area contributed by atoms with Crippen molar-refractivity contribution in [2.75, 3.05) is 26.1 Å². The fourth-order valence-electron chi connectivity index (χ4n) is 2.81. The van der Waals surface area contributed by atoms with Gasteiger partial charge >= 0.3 is 5.97 Å². The van der Waals surface area contributed by atoms with E-state index < -0.39 is 5.97 Å². The van der Waals surface area contributed by atoms with Crippen LogP contribution in [0.1, 0.15) is 11.1 Å². The molecular weight excluding hydrogens is 434 g/mol. The molecule has 3 aromatic rings. The van der Waals surface area contributed by atoms with Crippen molar-refractivity contribution in [3.05, 3.63) is 77.0 Å². The molecule has 8 nitrogen and oxygen atoms in total. The van der Waals surface area contributed by atoms with Crippen LogP contribution in [-0.2, 0) is 20.9 Å². The molecule has 2 aromatic carbocycles. The maximum absolute atomic E-state index is 12.4. The second kappa shape index (κ2) is 11.0. The van der Waals surface area contributed by atoms with E-state index in [0.29, 0.717) is 34.4 Å². The zero-order chi connectivity index (χ0) is 22.9. The minimum atomic E-state index is -0.463. The van der Waals surface area contributed by atoms with Gasteiger partial charge in [-0.1, -0.05) is 35.9 Å². The van der Waals surface area contributed by atoms with Crippen LogP contribution in [0.15, 0.2) is 60.8 Å². The lowest BCUT2D eigenvalue weighted by Crippen LogP contribution is -2.22. The Morgan fingerprint density at radius 2 is 1.94 bits per heavy atom. The summed E-state index contributed by atoms with van der Waals surface area (Å²) in [7, 11) is 2.79. The number of nitrogens with zero attached hydrogens (tertiary/aromatic N) is 2. The number of anilines is 1. The number of nitrogens with one attached hydrogen (secondary N) is 1. The molecule has 0 fully saturated rings. The average Bonchev–Trinajstić information content (AvgIpc) is 3.24. The molecule has 0 radical (unpaired) electrons. The summed E-state index contributed by atoms with van der Waals surface area (Å²) in [5, 5.41) is 7.64. The number of hydrogen-bond donors (Lipinski definition) is 1. The molecule has 0 unspecified atom stereocenters. The van der Waals surface area contributed by atoms with Crippen LogP contribution < -0.4 is 14.8 Å². The van der Waals surface area contributed by atoms with Crippen LogP contribution >= 0.6 is 11.6 Å². The highest BCUT2D eigenvalue weighted by molar-refractivity contribution is 6.31. The second-order valence-electron chi connectivity index (χ2n) is 6.57. The summed E-state index contributed by atoms with van der Waals surface area (Å²) >= 11 is 6.21. The summed E-state index contributed by atoms with van der Waals surface area (Å²) in [5.74, 6) is 0.516. The van der Waals surface area contributed by atoms with Crippen LogP contribution in [0.25, 0.3) is 6.08 Å². The number of aromatic nitrogens is 2. The molecule has 3 rings (SSSR count). The summed E-state index contributed by atoms with van der Waals surface area (Å²) in [6.45, 7) is 0.183. The van der Waals surface area contributed by atoms with Crippen molar-refractivity contribution < 1.29 is 23.8 Å². The quantitative estimate of drug-likeness (QED) is 0.390. The van der Waals surface area contributed by atoms with E-state index in [1.807, 2.05) is 18.2 Å². The number of esters is 1. The van der Waals surface area contributed by atoms with E-state index >= 15 is 0 Å². The number of benzene rings is 2. The van der Waals surface area contributed by atoms with Crippen LogP contribution in [0.2, 0.25) is 5.02 Å². The molecule has 1 aromatic heterocycles. The van der Waals surface area contributed by atoms with E-state index in [2.05, 4.69) is 15.2 Å². The van der Waals surface area contributed by atoms with Gasteiger partial charge < -0.3 is 19.5 Å². The zero-order valence-corrected chi connectivity index (χ0v) is 18.3. The predicted octanol–water partition coefficient (Wildman–Crippen LogP) is 3.80. The smallest absolute Gasteiger partial charge is 0.330 e. The number of amides is 1. The van der Waals surface area contributed by atoms with Crippen LogP contribution in [0.4, 0.5) is 5.82 Å². The Bertz CT molecular complexity index is 1130. The van der Waals surface area contributed by atoms with E-state index in [1.165, 1.54) is 20.3 Å². The Hall–Kier alpha value is -3.78. The first-order valence-electron chi connectivity index (χ1n) is 9.62. The number of methoxy groups -OCH3 is 2. The topological polar surface area (TPSA) is 91.7 Å². The standard InChI is InChI=1S/C23H22ClN3O5/c1-30-20-13-16(8-10-23(29)31-2)7-9-19(20)32-15-22(28)26-21-11-12-25-27(21)14-17-5-3-4-6-18(17)24/h3-13H,14-15H2,1-2H3,(H,26,28)/b10-8+. The predicted molar refractivity (Wildman–Crippen MR) is 121 cm³/mol. The van der Waals surface area contributed by atoms with Crippen molar-refractivity contribution in [3.63, 3.8) is 0 Å². The third-order valence-electron chi connectivity index (χ3n) is 4.42. The maximum atomic E-state index is 12.4. The van der Waals surface area contributed by atoms with Gasteiger partial charge in [-0.05, 0) is 35.4 Å². The molecule has 0 aliphatic carbocycles. The number of carbonyl (C=O) groups is 2. The Morgan fingerprint density at radius 1 is 1.12 bits per heavy atom. The molecule has 0 spiro atoms. The molecule has 9 heteroatoms. The summed E-state index contributed by atoms with van der Waals surface area (Å²) in [6, 6.07) is 14.2. The lowest BCUT2D eigenvalue weighted by molar-refractivity contribution is -0.134. The molecule has 0 aliphatic rings. The Kier molecular flexibility index (Phi) is 7.88. The van der Waals surface area contributed by atoms with Crippen LogP contribution in [0.3, 0.4) is 0 Å². The average molecular weight is 456 g/mol. The number of hydrogen-bond acceptors (Lipinski definition) is 6. The summed E-state index contributed by atoms with van der Waals surface area (Å²) in [4.78, 5) is 23.7. The highest BCUT2D eigenvalue weighted by Crippen LogP contribution is 2.28. The van der Waals surface area contributed by atoms with Crippen molar-refractivity contribution in [3.8, 4) is 11.5 Å². The SMILES string of the molecule is COC(=O)/C=C/c1ccc(OCC(=O)Nc2ccnn2Cc2ccccc2Cl)c(OC)c1. The zero-order valence-electron chi connectivity index (χ0n) is 17.6. The highest BCUT2D eigenvalue weighted by Gasteiger charge is 2.12. The van der Waals surface area contributed by atoms with Crippen LogP contribution in [0.5, 0.6) is 11.5 Å². The number of carbonyl (C=O) groups excluding carboxylic acids is 2. The molecule has 0 bridgehead atoms. The van der Waals surface area contributed by atoms with Gasteiger partial charge in [0.25, 0.3) is 5.91 Å². The van der Waals surface area contributed by atoms with Gasteiger partial charge in [0.2, 0.25) is 0 Å². The normalized spacial score (nSPS) is 10.7. The lowest BCUT2D eigenvalue weighted by atomic mass is 10.2. The summed E-state index contributed by atoms with van der Waals surface area (Å²) in [5.41, 5.74) is 1.60. The van der Waals surface area contributed by atoms with Gasteiger partial charge in [0.1, 0.15) is 5.82 Å². The molecule has 1 amide bonds. The molecule has 0 saturated carbocycles. The third-order valence-corrected chi connectivity index (χ3v) is 4.79. The van der Waals surface area contributed by atoms with E-state index in [0.717, 1.165) is 5.56 Å². The van der Waals surface area contributed by atoms with Gasteiger partial charge in [0, 0.05) is 17.2 Å². The molecular formula is C23H22ClN3O5. The minimum Gasteiger partial charge on any atom is -0.493 e. The molecule has 0 aliphatic heterocycles. The summed E-state index contributed by atoms with van der Waals surface area (Å²) in [6.07, 6.45) is 4.48. The van der Waals surface area contributed by atoms with Gasteiger partial charge in [0.05, 0.1) is 27.0 Å². The Morgan fingerprint density at radius 3 is 2.69 bits per heavy atom. The van der Waals surface area contributed by atoms with Crippen LogP contribution in [-0.4, -0.2) is 42.5 Å². The third kappa shape index (κ3) is 6.12. The number of halogens is 1. The highest BCUT2D eigenvalue weighted by atomic mass is 35.5. The molecule has 1 N–H and O–H groups in total.